The fraction of sp³-hybridized carbons (Fsp3) is 0.765. The van der Waals surface area contributed by atoms with E-state index >= 15 is 0 Å². The quantitative estimate of drug-likeness (QED) is 0.735. The molecule has 1 unspecified atom stereocenters. The first-order valence-corrected chi connectivity index (χ1v) is 8.88. The highest BCUT2D eigenvalue weighted by Gasteiger charge is 2.25. The first-order chi connectivity index (χ1) is 9.20. The van der Waals surface area contributed by atoms with Crippen LogP contribution < -0.4 is 5.32 Å². The van der Waals surface area contributed by atoms with Crippen LogP contribution in [0.2, 0.25) is 0 Å². The van der Waals surface area contributed by atoms with Crippen molar-refractivity contribution in [1.82, 2.24) is 5.32 Å². The maximum Gasteiger partial charge on any atom is 0.0416 e. The van der Waals surface area contributed by atoms with Crippen molar-refractivity contribution in [2.75, 3.05) is 0 Å². The minimum absolute atomic E-state index is 0.589. The molecule has 0 spiro atoms. The average Bonchev–Trinajstić information content (AvgIpc) is 2.92. The highest BCUT2D eigenvalue weighted by Crippen LogP contribution is 2.32. The van der Waals surface area contributed by atoms with Crippen LogP contribution in [0.25, 0.3) is 0 Å². The van der Waals surface area contributed by atoms with E-state index in [0.717, 1.165) is 17.9 Å². The van der Waals surface area contributed by atoms with Crippen LogP contribution in [0.3, 0.4) is 0 Å². The lowest BCUT2D eigenvalue weighted by Crippen LogP contribution is -2.36. The topological polar surface area (TPSA) is 12.0 Å². The minimum Gasteiger partial charge on any atom is -0.306 e. The van der Waals surface area contributed by atoms with E-state index in [2.05, 4.69) is 43.6 Å². The molecule has 0 aromatic carbocycles. The van der Waals surface area contributed by atoms with E-state index in [1.165, 1.54) is 43.4 Å². The van der Waals surface area contributed by atoms with Gasteiger partial charge in [0, 0.05) is 17.0 Å². The van der Waals surface area contributed by atoms with Gasteiger partial charge in [0.2, 0.25) is 0 Å². The summed E-state index contributed by atoms with van der Waals surface area (Å²) in [7, 11) is 0. The zero-order valence-electron chi connectivity index (χ0n) is 12.7. The summed E-state index contributed by atoms with van der Waals surface area (Å²) >= 11 is 1.90. The third kappa shape index (κ3) is 4.32. The Morgan fingerprint density at radius 3 is 2.53 bits per heavy atom. The largest absolute Gasteiger partial charge is 0.306 e. The Morgan fingerprint density at radius 1 is 1.26 bits per heavy atom. The molecule has 0 radical (unpaired) electrons. The van der Waals surface area contributed by atoms with Crippen LogP contribution in [-0.4, -0.2) is 6.04 Å². The minimum atomic E-state index is 0.589. The van der Waals surface area contributed by atoms with Gasteiger partial charge >= 0.3 is 0 Å². The molecule has 1 heterocycles. The molecule has 0 saturated heterocycles. The molecular weight excluding hydrogens is 250 g/mol. The molecule has 1 saturated carbocycles. The van der Waals surface area contributed by atoms with Crippen LogP contribution in [0.5, 0.6) is 0 Å². The van der Waals surface area contributed by atoms with Crippen molar-refractivity contribution in [2.24, 2.45) is 11.8 Å². The molecule has 0 amide bonds. The van der Waals surface area contributed by atoms with Gasteiger partial charge in [-0.3, -0.25) is 0 Å². The lowest BCUT2D eigenvalue weighted by molar-refractivity contribution is 0.227. The molecule has 1 atom stereocenters. The van der Waals surface area contributed by atoms with Crippen LogP contribution in [-0.2, 0) is 0 Å². The average molecular weight is 279 g/mol. The molecule has 108 valence electrons. The van der Waals surface area contributed by atoms with Crippen molar-refractivity contribution in [3.05, 3.63) is 22.4 Å². The van der Waals surface area contributed by atoms with E-state index in [4.69, 9.17) is 0 Å². The molecule has 19 heavy (non-hydrogen) atoms. The fourth-order valence-corrected chi connectivity index (χ4v) is 4.14. The Bertz CT molecular complexity index is 336. The van der Waals surface area contributed by atoms with Gasteiger partial charge in [-0.2, -0.15) is 0 Å². The molecular formula is C17H29NS. The van der Waals surface area contributed by atoms with Gasteiger partial charge in [-0.05, 0) is 55.4 Å². The normalized spacial score (nSPS) is 25.7. The van der Waals surface area contributed by atoms with Gasteiger partial charge < -0.3 is 5.32 Å². The second-order valence-electron chi connectivity index (χ2n) is 6.38. The van der Waals surface area contributed by atoms with E-state index < -0.39 is 0 Å². The first-order valence-electron chi connectivity index (χ1n) is 8.00. The van der Waals surface area contributed by atoms with Gasteiger partial charge in [-0.15, -0.1) is 11.3 Å². The Morgan fingerprint density at radius 2 is 2.00 bits per heavy atom. The summed E-state index contributed by atoms with van der Waals surface area (Å²) in [6.07, 6.45) is 8.10. The van der Waals surface area contributed by atoms with Gasteiger partial charge in [-0.25, -0.2) is 0 Å². The smallest absolute Gasteiger partial charge is 0.0416 e. The summed E-state index contributed by atoms with van der Waals surface area (Å²) in [4.78, 5) is 1.52. The summed E-state index contributed by atoms with van der Waals surface area (Å²) in [6, 6.07) is 5.80. The molecule has 1 aromatic heterocycles. The fourth-order valence-electron chi connectivity index (χ4n) is 3.32. The van der Waals surface area contributed by atoms with Gasteiger partial charge in [0.15, 0.2) is 0 Å². The van der Waals surface area contributed by atoms with Crippen LogP contribution in [0.15, 0.2) is 17.5 Å². The lowest BCUT2D eigenvalue weighted by atomic mass is 9.79. The first kappa shape index (κ1) is 15.1. The van der Waals surface area contributed by atoms with Crippen molar-refractivity contribution in [3.8, 4) is 0 Å². The van der Waals surface area contributed by atoms with Gasteiger partial charge in [0.25, 0.3) is 0 Å². The summed E-state index contributed by atoms with van der Waals surface area (Å²) in [5.74, 6) is 1.83. The standard InChI is InChI=1S/C17H29NS/c1-4-6-16(17-7-5-12-19-17)18-15-10-8-14(9-11-15)13(2)3/h5,7,12-16,18H,4,6,8-11H2,1-3H3. The van der Waals surface area contributed by atoms with Gasteiger partial charge in [0.1, 0.15) is 0 Å². The van der Waals surface area contributed by atoms with E-state index in [-0.39, 0.29) is 0 Å². The maximum atomic E-state index is 3.93. The number of hydrogen-bond donors (Lipinski definition) is 1. The summed E-state index contributed by atoms with van der Waals surface area (Å²) in [5, 5.41) is 6.13. The number of rotatable bonds is 6. The van der Waals surface area contributed by atoms with E-state index in [9.17, 15) is 0 Å². The Hall–Kier alpha value is -0.340. The molecule has 1 aliphatic rings. The monoisotopic (exact) mass is 279 g/mol. The Labute approximate surface area is 122 Å². The van der Waals surface area contributed by atoms with Crippen LogP contribution in [0, 0.1) is 11.8 Å². The van der Waals surface area contributed by atoms with Crippen molar-refractivity contribution in [1.29, 1.82) is 0 Å². The molecule has 0 aliphatic heterocycles. The second kappa shape index (κ2) is 7.44. The molecule has 1 aliphatic carbocycles. The molecule has 1 fully saturated rings. The summed E-state index contributed by atoms with van der Waals surface area (Å²) in [6.45, 7) is 7.05. The Kier molecular flexibility index (Phi) is 5.90. The van der Waals surface area contributed by atoms with Gasteiger partial charge in [-0.1, -0.05) is 33.3 Å². The van der Waals surface area contributed by atoms with Crippen LogP contribution in [0.4, 0.5) is 0 Å². The second-order valence-corrected chi connectivity index (χ2v) is 7.36. The molecule has 2 rings (SSSR count). The lowest BCUT2D eigenvalue weighted by Gasteiger charge is -2.33. The summed E-state index contributed by atoms with van der Waals surface area (Å²) in [5.41, 5.74) is 0. The van der Waals surface area contributed by atoms with Crippen molar-refractivity contribution in [2.45, 2.75) is 71.4 Å². The predicted molar refractivity (Wildman–Crippen MR) is 85.7 cm³/mol. The molecule has 2 heteroatoms. The van der Waals surface area contributed by atoms with E-state index in [0.29, 0.717) is 6.04 Å². The van der Waals surface area contributed by atoms with E-state index in [1.54, 1.807) is 0 Å². The maximum absolute atomic E-state index is 3.93. The number of nitrogens with one attached hydrogen (secondary N) is 1. The highest BCUT2D eigenvalue weighted by atomic mass is 32.1. The molecule has 1 aromatic rings. The summed E-state index contributed by atoms with van der Waals surface area (Å²) < 4.78 is 0. The number of thiophene rings is 1. The third-order valence-corrected chi connectivity index (χ3v) is 5.60. The van der Waals surface area contributed by atoms with Crippen molar-refractivity contribution < 1.29 is 0 Å². The molecule has 0 bridgehead atoms. The zero-order valence-corrected chi connectivity index (χ0v) is 13.5. The number of hydrogen-bond acceptors (Lipinski definition) is 2. The third-order valence-electron chi connectivity index (χ3n) is 4.62. The van der Waals surface area contributed by atoms with Crippen molar-refractivity contribution >= 4 is 11.3 Å². The predicted octanol–water partition coefficient (Wildman–Crippen LogP) is 5.39. The van der Waals surface area contributed by atoms with Gasteiger partial charge in [0.05, 0.1) is 0 Å². The Balaban J connectivity index is 1.85. The van der Waals surface area contributed by atoms with Crippen LogP contribution in [0.1, 0.15) is 70.2 Å². The molecule has 1 nitrogen and oxygen atoms in total. The highest BCUT2D eigenvalue weighted by molar-refractivity contribution is 7.10. The SMILES string of the molecule is CCCC(NC1CCC(C(C)C)CC1)c1cccs1. The molecule has 1 N–H and O–H groups in total. The van der Waals surface area contributed by atoms with E-state index in [1.807, 2.05) is 11.3 Å². The zero-order chi connectivity index (χ0) is 13.7. The van der Waals surface area contributed by atoms with Crippen LogP contribution >= 0.6 is 11.3 Å². The van der Waals surface area contributed by atoms with Crippen molar-refractivity contribution in [3.63, 3.8) is 0 Å².